The third-order valence-electron chi connectivity index (χ3n) is 0.195. The summed E-state index contributed by atoms with van der Waals surface area (Å²) in [6.45, 7) is 0. The SMILES string of the molecule is O=C(CCl)OCl. The molecule has 0 spiro atoms. The summed E-state index contributed by atoms with van der Waals surface area (Å²) in [6.07, 6.45) is 0. The minimum Gasteiger partial charge on any atom is -0.346 e. The standard InChI is InChI=1S/C2H2Cl2O2/c3-1-2(5)6-4/h1H2. The summed E-state index contributed by atoms with van der Waals surface area (Å²) in [5.41, 5.74) is 0. The molecule has 0 N–H and O–H groups in total. The summed E-state index contributed by atoms with van der Waals surface area (Å²) in [5.74, 6) is -0.818. The third kappa shape index (κ3) is 2.30. The van der Waals surface area contributed by atoms with Crippen molar-refractivity contribution in [3.8, 4) is 0 Å². The number of rotatable bonds is 1. The Morgan fingerprint density at radius 2 is 2.33 bits per heavy atom. The van der Waals surface area contributed by atoms with Crippen LogP contribution in [0.4, 0.5) is 0 Å². The van der Waals surface area contributed by atoms with Crippen LogP contribution in [-0.4, -0.2) is 11.8 Å². The lowest BCUT2D eigenvalue weighted by atomic mass is 10.8. The molecule has 4 heteroatoms. The Morgan fingerprint density at radius 1 is 1.83 bits per heavy atom. The number of hydrogen-bond acceptors (Lipinski definition) is 2. The van der Waals surface area contributed by atoms with Crippen molar-refractivity contribution in [2.24, 2.45) is 0 Å². The zero-order valence-corrected chi connectivity index (χ0v) is 4.29. The lowest BCUT2D eigenvalue weighted by Gasteiger charge is -1.80. The predicted molar refractivity (Wildman–Crippen MR) is 22.7 cm³/mol. The molecule has 0 fully saturated rings. The first-order chi connectivity index (χ1) is 2.81. The molecule has 0 saturated heterocycles. The molecule has 0 bridgehead atoms. The van der Waals surface area contributed by atoms with E-state index in [1.165, 1.54) is 0 Å². The van der Waals surface area contributed by atoms with Gasteiger partial charge >= 0.3 is 5.97 Å². The first-order valence-corrected chi connectivity index (χ1v) is 2.03. The normalized spacial score (nSPS) is 7.67. The van der Waals surface area contributed by atoms with Gasteiger partial charge in [0.1, 0.15) is 17.7 Å². The quantitative estimate of drug-likeness (QED) is 0.492. The second-order valence-electron chi connectivity index (χ2n) is 0.583. The summed E-state index contributed by atoms with van der Waals surface area (Å²) in [5, 5.41) is 0. The summed E-state index contributed by atoms with van der Waals surface area (Å²) in [6, 6.07) is 0. The number of halogens is 2. The van der Waals surface area contributed by atoms with Gasteiger partial charge in [-0.1, -0.05) is 0 Å². The van der Waals surface area contributed by atoms with E-state index in [1.54, 1.807) is 0 Å². The fourth-order valence-corrected chi connectivity index (χ4v) is 0.186. The zero-order valence-electron chi connectivity index (χ0n) is 2.78. The van der Waals surface area contributed by atoms with Crippen molar-refractivity contribution >= 4 is 29.4 Å². The van der Waals surface area contributed by atoms with E-state index >= 15 is 0 Å². The lowest BCUT2D eigenvalue weighted by Crippen LogP contribution is -1.95. The van der Waals surface area contributed by atoms with E-state index in [0.29, 0.717) is 0 Å². The van der Waals surface area contributed by atoms with Crippen LogP contribution >= 0.6 is 23.5 Å². The Labute approximate surface area is 45.2 Å². The van der Waals surface area contributed by atoms with Crippen LogP contribution in [0.2, 0.25) is 0 Å². The minimum atomic E-state index is -0.627. The molecule has 0 radical (unpaired) electrons. The fraction of sp³-hybridized carbons (Fsp3) is 0.500. The molecular weight excluding hydrogens is 127 g/mol. The summed E-state index contributed by atoms with van der Waals surface area (Å²) >= 11 is 9.41. The van der Waals surface area contributed by atoms with Crippen molar-refractivity contribution in [1.82, 2.24) is 0 Å². The van der Waals surface area contributed by atoms with Crippen LogP contribution in [0.1, 0.15) is 0 Å². The Bertz CT molecular complexity index is 47.5. The van der Waals surface area contributed by atoms with Crippen LogP contribution in [0.15, 0.2) is 0 Å². The fourth-order valence-electron chi connectivity index (χ4n) is 0.0206. The van der Waals surface area contributed by atoms with E-state index in [0.717, 1.165) is 0 Å². The molecule has 0 aliphatic heterocycles. The van der Waals surface area contributed by atoms with Gasteiger partial charge in [0.2, 0.25) is 0 Å². The largest absolute Gasteiger partial charge is 0.346 e. The smallest absolute Gasteiger partial charge is 0.339 e. The van der Waals surface area contributed by atoms with Gasteiger partial charge < -0.3 is 4.29 Å². The highest BCUT2D eigenvalue weighted by atomic mass is 35.5. The maximum Gasteiger partial charge on any atom is 0.339 e. The van der Waals surface area contributed by atoms with Crippen LogP contribution in [0.5, 0.6) is 0 Å². The van der Waals surface area contributed by atoms with Gasteiger partial charge in [0.05, 0.1) is 0 Å². The maximum atomic E-state index is 9.69. The average Bonchev–Trinajstić information content (AvgIpc) is 1.65. The molecule has 0 aromatic carbocycles. The summed E-state index contributed by atoms with van der Waals surface area (Å²) in [7, 11) is 0. The van der Waals surface area contributed by atoms with E-state index in [9.17, 15) is 4.79 Å². The average molecular weight is 129 g/mol. The third-order valence-corrected chi connectivity index (χ3v) is 0.585. The molecule has 36 valence electrons. The first-order valence-electron chi connectivity index (χ1n) is 1.18. The molecule has 0 aromatic rings. The highest BCUT2D eigenvalue weighted by Gasteiger charge is 1.92. The molecule has 0 atom stereocenters. The minimum absolute atomic E-state index is 0.191. The number of carbonyl (C=O) groups excluding carboxylic acids is 1. The Balaban J connectivity index is 2.99. The second-order valence-corrected chi connectivity index (χ2v) is 1.00. The number of carbonyl (C=O) groups is 1. The van der Waals surface area contributed by atoms with E-state index < -0.39 is 5.97 Å². The Morgan fingerprint density at radius 3 is 2.33 bits per heavy atom. The monoisotopic (exact) mass is 128 g/mol. The topological polar surface area (TPSA) is 26.3 Å². The summed E-state index contributed by atoms with van der Waals surface area (Å²) < 4.78 is 3.60. The number of hydrogen-bond donors (Lipinski definition) is 0. The molecule has 6 heavy (non-hydrogen) atoms. The predicted octanol–water partition coefficient (Wildman–Crippen LogP) is 0.922. The second kappa shape index (κ2) is 3.25. The number of alkyl halides is 1. The summed E-state index contributed by atoms with van der Waals surface area (Å²) in [4.78, 5) is 9.69. The van der Waals surface area contributed by atoms with Crippen molar-refractivity contribution in [2.75, 3.05) is 5.88 Å². The molecule has 0 aliphatic carbocycles. The van der Waals surface area contributed by atoms with E-state index in [2.05, 4.69) is 16.2 Å². The van der Waals surface area contributed by atoms with Crippen molar-refractivity contribution in [3.63, 3.8) is 0 Å². The van der Waals surface area contributed by atoms with Gasteiger partial charge in [0, 0.05) is 0 Å². The molecule has 0 heterocycles. The lowest BCUT2D eigenvalue weighted by molar-refractivity contribution is -0.131. The molecule has 2 nitrogen and oxygen atoms in total. The van der Waals surface area contributed by atoms with Gasteiger partial charge in [-0.3, -0.25) is 0 Å². The van der Waals surface area contributed by atoms with Gasteiger partial charge in [0.25, 0.3) is 0 Å². The molecule has 0 amide bonds. The molecule has 0 aliphatic rings. The van der Waals surface area contributed by atoms with Gasteiger partial charge in [-0.25, -0.2) is 4.79 Å². The Kier molecular flexibility index (Phi) is 3.28. The molecule has 0 saturated carbocycles. The van der Waals surface area contributed by atoms with Crippen LogP contribution in [-0.2, 0) is 9.08 Å². The van der Waals surface area contributed by atoms with Crippen LogP contribution in [0, 0.1) is 0 Å². The highest BCUT2D eigenvalue weighted by Crippen LogP contribution is 1.83. The van der Waals surface area contributed by atoms with Crippen molar-refractivity contribution in [3.05, 3.63) is 0 Å². The van der Waals surface area contributed by atoms with Crippen LogP contribution in [0.3, 0.4) is 0 Å². The van der Waals surface area contributed by atoms with E-state index in [4.69, 9.17) is 11.6 Å². The van der Waals surface area contributed by atoms with Gasteiger partial charge in [0.15, 0.2) is 0 Å². The van der Waals surface area contributed by atoms with Crippen LogP contribution < -0.4 is 0 Å². The molecular formula is C2H2Cl2O2. The Hall–Kier alpha value is 0.0500. The van der Waals surface area contributed by atoms with E-state index in [-0.39, 0.29) is 5.88 Å². The first kappa shape index (κ1) is 6.05. The maximum absolute atomic E-state index is 9.69. The molecule has 0 aromatic heterocycles. The van der Waals surface area contributed by atoms with E-state index in [1.807, 2.05) is 0 Å². The van der Waals surface area contributed by atoms with Crippen LogP contribution in [0.25, 0.3) is 0 Å². The molecule has 0 rings (SSSR count). The van der Waals surface area contributed by atoms with Gasteiger partial charge in [-0.2, -0.15) is 0 Å². The van der Waals surface area contributed by atoms with Gasteiger partial charge in [-0.15, -0.1) is 11.6 Å². The zero-order chi connectivity index (χ0) is 4.99. The van der Waals surface area contributed by atoms with Crippen molar-refractivity contribution in [1.29, 1.82) is 0 Å². The molecule has 0 unspecified atom stereocenters. The van der Waals surface area contributed by atoms with Gasteiger partial charge in [-0.05, 0) is 0 Å². The van der Waals surface area contributed by atoms with Crippen molar-refractivity contribution in [2.45, 2.75) is 0 Å². The highest BCUT2D eigenvalue weighted by molar-refractivity contribution is 6.28. The van der Waals surface area contributed by atoms with Crippen molar-refractivity contribution < 1.29 is 9.08 Å².